The van der Waals surface area contributed by atoms with Crippen molar-refractivity contribution in [3.63, 3.8) is 0 Å². The lowest BCUT2D eigenvalue weighted by molar-refractivity contribution is -0.336. The lowest BCUT2D eigenvalue weighted by Crippen LogP contribution is -2.22. The highest BCUT2D eigenvalue weighted by Gasteiger charge is 2.36. The molecule has 0 saturated carbocycles. The van der Waals surface area contributed by atoms with Crippen LogP contribution in [0.25, 0.3) is 0 Å². The van der Waals surface area contributed by atoms with Gasteiger partial charge in [0.1, 0.15) is 0 Å². The molecule has 3 nitrogen and oxygen atoms in total. The first-order valence-electron chi connectivity index (χ1n) is 2.84. The Morgan fingerprint density at radius 1 is 1.64 bits per heavy atom. The molecule has 1 rings (SSSR count). The van der Waals surface area contributed by atoms with Crippen LogP contribution in [-0.4, -0.2) is 18.4 Å². The third kappa shape index (κ3) is 2.75. The average molecular weight is 168 g/mol. The summed E-state index contributed by atoms with van der Waals surface area (Å²) >= 11 is 0. The molecule has 1 atom stereocenters. The van der Waals surface area contributed by atoms with Crippen LogP contribution in [0.5, 0.6) is 0 Å². The van der Waals surface area contributed by atoms with E-state index in [1.807, 2.05) is 0 Å². The smallest absolute Gasteiger partial charge is 0.348 e. The maximum Gasteiger partial charge on any atom is 0.522 e. The molecule has 0 aliphatic carbocycles. The fraction of sp³-hybridized carbons (Fsp3) is 0.600. The standard InChI is InChI=1S/C5H5F3NO2/c6-5(7,8)11-3-1-4(10)9-2-3/h2-3H,1H2,(H,9,10). The largest absolute Gasteiger partial charge is 0.522 e. The van der Waals surface area contributed by atoms with Crippen molar-refractivity contribution in [1.29, 1.82) is 0 Å². The molecular weight excluding hydrogens is 163 g/mol. The summed E-state index contributed by atoms with van der Waals surface area (Å²) in [6, 6.07) is 0. The molecule has 0 spiro atoms. The van der Waals surface area contributed by atoms with Crippen molar-refractivity contribution in [2.24, 2.45) is 0 Å². The number of halogens is 3. The number of alkyl halides is 3. The Labute approximate surface area is 60.5 Å². The molecule has 1 fully saturated rings. The van der Waals surface area contributed by atoms with Crippen LogP contribution in [0, 0.1) is 6.54 Å². The van der Waals surface area contributed by atoms with Crippen LogP contribution in [0.15, 0.2) is 0 Å². The zero-order valence-corrected chi connectivity index (χ0v) is 5.31. The predicted molar refractivity (Wildman–Crippen MR) is 28.0 cm³/mol. The number of hydrogen-bond donors (Lipinski definition) is 1. The van der Waals surface area contributed by atoms with Crippen molar-refractivity contribution in [3.05, 3.63) is 6.54 Å². The summed E-state index contributed by atoms with van der Waals surface area (Å²) in [6.07, 6.45) is -6.12. The SMILES string of the molecule is O=C1CC(OC(F)(F)F)[CH]N1. The quantitative estimate of drug-likeness (QED) is 0.621. The Morgan fingerprint density at radius 3 is 2.64 bits per heavy atom. The summed E-state index contributed by atoms with van der Waals surface area (Å²) in [7, 11) is 0. The van der Waals surface area contributed by atoms with E-state index in [0.29, 0.717) is 0 Å². The van der Waals surface area contributed by atoms with Crippen LogP contribution in [0.2, 0.25) is 0 Å². The van der Waals surface area contributed by atoms with E-state index >= 15 is 0 Å². The third-order valence-corrected chi connectivity index (χ3v) is 1.10. The van der Waals surface area contributed by atoms with Gasteiger partial charge in [0, 0.05) is 0 Å². The van der Waals surface area contributed by atoms with Crippen molar-refractivity contribution in [2.45, 2.75) is 18.9 Å². The van der Waals surface area contributed by atoms with E-state index < -0.39 is 18.4 Å². The zero-order valence-electron chi connectivity index (χ0n) is 5.31. The number of carbonyl (C=O) groups is 1. The second-order valence-corrected chi connectivity index (χ2v) is 2.04. The lowest BCUT2D eigenvalue weighted by atomic mass is 10.3. The first kappa shape index (κ1) is 8.32. The third-order valence-electron chi connectivity index (χ3n) is 1.10. The van der Waals surface area contributed by atoms with Gasteiger partial charge in [0.05, 0.1) is 19.1 Å². The van der Waals surface area contributed by atoms with E-state index in [-0.39, 0.29) is 6.42 Å². The molecule has 0 bridgehead atoms. The van der Waals surface area contributed by atoms with Gasteiger partial charge in [0.15, 0.2) is 0 Å². The van der Waals surface area contributed by atoms with Crippen LogP contribution >= 0.6 is 0 Å². The molecule has 1 radical (unpaired) electrons. The monoisotopic (exact) mass is 168 g/mol. The summed E-state index contributed by atoms with van der Waals surface area (Å²) < 4.78 is 37.9. The second-order valence-electron chi connectivity index (χ2n) is 2.04. The molecule has 63 valence electrons. The molecule has 1 aliphatic heterocycles. The van der Waals surface area contributed by atoms with Gasteiger partial charge >= 0.3 is 6.36 Å². The Bertz CT molecular complexity index is 168. The van der Waals surface area contributed by atoms with Crippen LogP contribution in [-0.2, 0) is 9.53 Å². The van der Waals surface area contributed by atoms with Crippen molar-refractivity contribution in [2.75, 3.05) is 0 Å². The molecule has 1 aliphatic rings. The summed E-state index contributed by atoms with van der Waals surface area (Å²) in [6.45, 7) is 0.982. The molecule has 1 N–H and O–H groups in total. The van der Waals surface area contributed by atoms with E-state index in [2.05, 4.69) is 10.1 Å². The number of nitrogens with one attached hydrogen (secondary N) is 1. The molecule has 11 heavy (non-hydrogen) atoms. The summed E-state index contributed by atoms with van der Waals surface area (Å²) in [5.41, 5.74) is 0. The Morgan fingerprint density at radius 2 is 2.27 bits per heavy atom. The van der Waals surface area contributed by atoms with Crippen LogP contribution in [0.3, 0.4) is 0 Å². The van der Waals surface area contributed by atoms with E-state index in [1.54, 1.807) is 0 Å². The van der Waals surface area contributed by atoms with Crippen LogP contribution in [0.1, 0.15) is 6.42 Å². The van der Waals surface area contributed by atoms with Crippen LogP contribution < -0.4 is 5.32 Å². The Hall–Kier alpha value is -0.780. The van der Waals surface area contributed by atoms with Gasteiger partial charge in [-0.25, -0.2) is 0 Å². The van der Waals surface area contributed by atoms with Gasteiger partial charge in [-0.1, -0.05) is 0 Å². The maximum absolute atomic E-state index is 11.5. The zero-order chi connectivity index (χ0) is 8.48. The van der Waals surface area contributed by atoms with E-state index in [4.69, 9.17) is 0 Å². The van der Waals surface area contributed by atoms with Gasteiger partial charge in [-0.3, -0.25) is 9.53 Å². The first-order valence-corrected chi connectivity index (χ1v) is 2.84. The van der Waals surface area contributed by atoms with Gasteiger partial charge in [-0.2, -0.15) is 0 Å². The lowest BCUT2D eigenvalue weighted by Gasteiger charge is -2.10. The van der Waals surface area contributed by atoms with Gasteiger partial charge < -0.3 is 5.32 Å². The summed E-state index contributed by atoms with van der Waals surface area (Å²) in [4.78, 5) is 10.3. The topological polar surface area (TPSA) is 38.3 Å². The van der Waals surface area contributed by atoms with Gasteiger partial charge in [0.2, 0.25) is 5.91 Å². The van der Waals surface area contributed by atoms with E-state index in [9.17, 15) is 18.0 Å². The molecule has 1 saturated heterocycles. The Balaban J connectivity index is 2.34. The van der Waals surface area contributed by atoms with Crippen LogP contribution in [0.4, 0.5) is 13.2 Å². The molecule has 6 heteroatoms. The van der Waals surface area contributed by atoms with Crippen molar-refractivity contribution < 1.29 is 22.7 Å². The summed E-state index contributed by atoms with van der Waals surface area (Å²) in [5.74, 6) is -0.459. The minimum Gasteiger partial charge on any atom is -0.348 e. The molecule has 0 aromatic heterocycles. The van der Waals surface area contributed by atoms with E-state index in [0.717, 1.165) is 6.54 Å². The van der Waals surface area contributed by atoms with Crippen molar-refractivity contribution in [1.82, 2.24) is 5.32 Å². The number of ether oxygens (including phenoxy) is 1. The summed E-state index contributed by atoms with van der Waals surface area (Å²) in [5, 5.41) is 2.10. The molecule has 1 unspecified atom stereocenters. The van der Waals surface area contributed by atoms with E-state index in [1.165, 1.54) is 0 Å². The van der Waals surface area contributed by atoms with Gasteiger partial charge in [-0.05, 0) is 0 Å². The van der Waals surface area contributed by atoms with Crippen molar-refractivity contribution >= 4 is 5.91 Å². The highest BCUT2D eigenvalue weighted by atomic mass is 19.4. The molecular formula is C5H5F3NO2. The molecule has 0 aromatic rings. The number of hydrogen-bond acceptors (Lipinski definition) is 2. The Kier molecular flexibility index (Phi) is 2.03. The second kappa shape index (κ2) is 2.69. The van der Waals surface area contributed by atoms with Gasteiger partial charge in [-0.15, -0.1) is 13.2 Å². The highest BCUT2D eigenvalue weighted by molar-refractivity contribution is 5.80. The average Bonchev–Trinajstić information content (AvgIpc) is 2.10. The number of amides is 1. The van der Waals surface area contributed by atoms with Crippen molar-refractivity contribution in [3.8, 4) is 0 Å². The normalized spacial score (nSPS) is 25.4. The van der Waals surface area contributed by atoms with Gasteiger partial charge in [0.25, 0.3) is 0 Å². The highest BCUT2D eigenvalue weighted by Crippen LogP contribution is 2.22. The molecule has 1 amide bonds. The number of rotatable bonds is 1. The fourth-order valence-electron chi connectivity index (χ4n) is 0.734. The maximum atomic E-state index is 11.5. The fourth-order valence-corrected chi connectivity index (χ4v) is 0.734. The first-order chi connectivity index (χ1) is 4.97. The predicted octanol–water partition coefficient (Wildman–Crippen LogP) is 0.573. The minimum absolute atomic E-state index is 0.264. The molecule has 1 heterocycles. The number of carbonyl (C=O) groups excluding carboxylic acids is 1. The molecule has 0 aromatic carbocycles. The minimum atomic E-state index is -4.67.